The van der Waals surface area contributed by atoms with E-state index in [4.69, 9.17) is 4.42 Å². The van der Waals surface area contributed by atoms with Crippen molar-refractivity contribution in [2.24, 2.45) is 0 Å². The highest BCUT2D eigenvalue weighted by Crippen LogP contribution is 2.17. The van der Waals surface area contributed by atoms with Gasteiger partial charge in [-0.15, -0.1) is 0 Å². The van der Waals surface area contributed by atoms with E-state index < -0.39 is 0 Å². The Balaban J connectivity index is 0.00000149. The molecule has 1 fully saturated rings. The van der Waals surface area contributed by atoms with E-state index in [-0.39, 0.29) is 22.4 Å². The van der Waals surface area contributed by atoms with E-state index in [9.17, 15) is 14.4 Å². The molecule has 9 heteroatoms. The van der Waals surface area contributed by atoms with Crippen molar-refractivity contribution in [3.8, 4) is 0 Å². The molecule has 1 aliphatic heterocycles. The van der Waals surface area contributed by atoms with Crippen molar-refractivity contribution in [2.75, 3.05) is 38.1 Å². The summed E-state index contributed by atoms with van der Waals surface area (Å²) in [6.45, 7) is 9.42. The number of hydrogen-bond donors (Lipinski definition) is 2. The Morgan fingerprint density at radius 2 is 1.88 bits per heavy atom. The van der Waals surface area contributed by atoms with Gasteiger partial charge in [0.15, 0.2) is 5.58 Å². The SMILES string of the molecule is CC.CCc1cc2occ(CN3CCN(c4ccc(C(=O)NC)nc4)CC3)c(=O)c2[nH]c1=O. The lowest BCUT2D eigenvalue weighted by Crippen LogP contribution is -2.46. The second-order valence-corrected chi connectivity index (χ2v) is 7.55. The first-order chi connectivity index (χ1) is 16.0. The van der Waals surface area contributed by atoms with E-state index in [0.29, 0.717) is 35.4 Å². The van der Waals surface area contributed by atoms with Gasteiger partial charge in [-0.1, -0.05) is 20.8 Å². The Morgan fingerprint density at radius 1 is 1.15 bits per heavy atom. The van der Waals surface area contributed by atoms with E-state index in [1.165, 1.54) is 6.26 Å². The van der Waals surface area contributed by atoms with E-state index >= 15 is 0 Å². The lowest BCUT2D eigenvalue weighted by molar-refractivity contribution is 0.0958. The largest absolute Gasteiger partial charge is 0.462 e. The van der Waals surface area contributed by atoms with Crippen molar-refractivity contribution >= 4 is 22.7 Å². The van der Waals surface area contributed by atoms with Crippen LogP contribution < -0.4 is 21.2 Å². The molecule has 3 aromatic rings. The summed E-state index contributed by atoms with van der Waals surface area (Å²) in [5.41, 5.74) is 2.65. The van der Waals surface area contributed by atoms with Gasteiger partial charge >= 0.3 is 0 Å². The molecule has 0 atom stereocenters. The highest BCUT2D eigenvalue weighted by molar-refractivity contribution is 5.92. The van der Waals surface area contributed by atoms with Gasteiger partial charge in [-0.05, 0) is 24.6 Å². The van der Waals surface area contributed by atoms with E-state index in [2.05, 4.69) is 25.1 Å². The van der Waals surface area contributed by atoms with Crippen LogP contribution in [0.3, 0.4) is 0 Å². The van der Waals surface area contributed by atoms with Crippen molar-refractivity contribution in [2.45, 2.75) is 33.7 Å². The van der Waals surface area contributed by atoms with Crippen LogP contribution in [0.1, 0.15) is 42.4 Å². The van der Waals surface area contributed by atoms with Crippen LogP contribution in [-0.4, -0.2) is 54.0 Å². The standard InChI is InChI=1S/C22H25N5O4.C2H6/c1-3-14-10-18-19(25-21(14)29)20(28)15(13-31-18)12-26-6-8-27(9-7-26)16-4-5-17(24-11-16)22(30)23-2;1-2/h4-5,10-11,13H,3,6-9,12H2,1-2H3,(H,23,30)(H,25,29);1-2H3. The number of aryl methyl sites for hydroxylation is 1. The van der Waals surface area contributed by atoms with Crippen molar-refractivity contribution in [1.82, 2.24) is 20.2 Å². The third kappa shape index (κ3) is 5.31. The Kier molecular flexibility index (Phi) is 8.00. The molecule has 33 heavy (non-hydrogen) atoms. The lowest BCUT2D eigenvalue weighted by atomic mass is 10.1. The quantitative estimate of drug-likeness (QED) is 0.609. The van der Waals surface area contributed by atoms with Gasteiger partial charge in [0.1, 0.15) is 11.2 Å². The first-order valence-electron chi connectivity index (χ1n) is 11.3. The number of amides is 1. The Bertz CT molecular complexity index is 1210. The number of aromatic amines is 1. The highest BCUT2D eigenvalue weighted by atomic mass is 16.3. The molecule has 2 N–H and O–H groups in total. The summed E-state index contributed by atoms with van der Waals surface area (Å²) in [5.74, 6) is -0.210. The maximum absolute atomic E-state index is 12.8. The molecule has 4 heterocycles. The predicted molar refractivity (Wildman–Crippen MR) is 129 cm³/mol. The van der Waals surface area contributed by atoms with E-state index in [0.717, 1.165) is 31.9 Å². The number of fused-ring (bicyclic) bond motifs is 1. The number of nitrogens with one attached hydrogen (secondary N) is 2. The summed E-state index contributed by atoms with van der Waals surface area (Å²) >= 11 is 0. The normalized spacial score (nSPS) is 14.0. The van der Waals surface area contributed by atoms with Crippen LogP contribution in [0.5, 0.6) is 0 Å². The minimum absolute atomic E-state index is 0.197. The molecule has 0 spiro atoms. The number of anilines is 1. The lowest BCUT2D eigenvalue weighted by Gasteiger charge is -2.35. The van der Waals surface area contributed by atoms with Crippen molar-refractivity contribution in [3.63, 3.8) is 0 Å². The number of piperazine rings is 1. The van der Waals surface area contributed by atoms with Crippen LogP contribution in [0.2, 0.25) is 0 Å². The third-order valence-corrected chi connectivity index (χ3v) is 5.65. The van der Waals surface area contributed by atoms with Crippen molar-refractivity contribution < 1.29 is 9.21 Å². The minimum Gasteiger partial charge on any atom is -0.462 e. The molecule has 0 radical (unpaired) electrons. The van der Waals surface area contributed by atoms with Gasteiger partial charge in [-0.25, -0.2) is 4.98 Å². The number of rotatable bonds is 5. The van der Waals surface area contributed by atoms with Gasteiger partial charge in [0.25, 0.3) is 11.5 Å². The maximum atomic E-state index is 12.8. The van der Waals surface area contributed by atoms with E-state index in [1.807, 2.05) is 26.8 Å². The zero-order chi connectivity index (χ0) is 24.0. The van der Waals surface area contributed by atoms with Crippen LogP contribution in [0.4, 0.5) is 5.69 Å². The Labute approximate surface area is 192 Å². The molecule has 0 bridgehead atoms. The third-order valence-electron chi connectivity index (χ3n) is 5.65. The second-order valence-electron chi connectivity index (χ2n) is 7.55. The summed E-state index contributed by atoms with van der Waals surface area (Å²) in [5, 5.41) is 2.56. The molecule has 0 aromatic carbocycles. The van der Waals surface area contributed by atoms with Crippen LogP contribution in [0, 0.1) is 0 Å². The van der Waals surface area contributed by atoms with Crippen LogP contribution in [0.25, 0.3) is 11.1 Å². The van der Waals surface area contributed by atoms with Gasteiger partial charge in [0.05, 0.1) is 23.7 Å². The van der Waals surface area contributed by atoms with Gasteiger partial charge in [-0.3, -0.25) is 19.3 Å². The molecule has 3 aromatic heterocycles. The minimum atomic E-state index is -0.246. The zero-order valence-corrected chi connectivity index (χ0v) is 19.6. The summed E-state index contributed by atoms with van der Waals surface area (Å²) in [6.07, 6.45) is 3.78. The summed E-state index contributed by atoms with van der Waals surface area (Å²) in [6, 6.07) is 5.25. The monoisotopic (exact) mass is 453 g/mol. The number of pyridine rings is 2. The average Bonchev–Trinajstić information content (AvgIpc) is 2.87. The molecule has 0 aliphatic carbocycles. The number of hydrogen-bond acceptors (Lipinski definition) is 7. The molecule has 9 nitrogen and oxygen atoms in total. The number of carbonyl (C=O) groups excluding carboxylic acids is 1. The highest BCUT2D eigenvalue weighted by Gasteiger charge is 2.20. The average molecular weight is 454 g/mol. The molecule has 176 valence electrons. The Morgan fingerprint density at radius 3 is 2.48 bits per heavy atom. The Hall–Kier alpha value is -3.46. The molecule has 1 amide bonds. The molecule has 4 rings (SSSR count). The number of aromatic nitrogens is 2. The maximum Gasteiger partial charge on any atom is 0.269 e. The first kappa shape index (κ1) is 24.2. The van der Waals surface area contributed by atoms with Gasteiger partial charge in [0, 0.05) is 45.3 Å². The number of carbonyl (C=O) groups is 1. The zero-order valence-electron chi connectivity index (χ0n) is 19.6. The molecule has 1 aliphatic rings. The number of H-pyrrole nitrogens is 1. The summed E-state index contributed by atoms with van der Waals surface area (Å²) in [7, 11) is 1.58. The smallest absolute Gasteiger partial charge is 0.269 e. The van der Waals surface area contributed by atoms with Crippen LogP contribution in [-0.2, 0) is 13.0 Å². The van der Waals surface area contributed by atoms with Gasteiger partial charge in [-0.2, -0.15) is 0 Å². The molecule has 0 unspecified atom stereocenters. The van der Waals surface area contributed by atoms with E-state index in [1.54, 1.807) is 25.4 Å². The number of nitrogens with zero attached hydrogens (tertiary/aromatic N) is 3. The summed E-state index contributed by atoms with van der Waals surface area (Å²) in [4.78, 5) is 47.8. The van der Waals surface area contributed by atoms with Crippen LogP contribution in [0.15, 0.2) is 44.7 Å². The molecular weight excluding hydrogens is 422 g/mol. The van der Waals surface area contributed by atoms with Gasteiger partial charge < -0.3 is 19.6 Å². The van der Waals surface area contributed by atoms with Gasteiger partial charge in [0.2, 0.25) is 5.43 Å². The molecule has 1 saturated heterocycles. The topological polar surface area (TPSA) is 112 Å². The fourth-order valence-electron chi connectivity index (χ4n) is 3.77. The molecular formula is C24H31N5O4. The fourth-order valence-corrected chi connectivity index (χ4v) is 3.77. The fraction of sp³-hybridized carbons (Fsp3) is 0.417. The first-order valence-corrected chi connectivity index (χ1v) is 11.3. The second kappa shape index (κ2) is 10.9. The summed E-state index contributed by atoms with van der Waals surface area (Å²) < 4.78 is 5.64. The van der Waals surface area contributed by atoms with Crippen molar-refractivity contribution in [1.29, 1.82) is 0 Å². The predicted octanol–water partition coefficient (Wildman–Crippen LogP) is 2.15. The van der Waals surface area contributed by atoms with Crippen molar-refractivity contribution in [3.05, 3.63) is 68.1 Å². The van der Waals surface area contributed by atoms with Crippen LogP contribution >= 0.6 is 0 Å². The molecule has 0 saturated carbocycles.